The number of carbonyl (C=O) groups excluding carboxylic acids is 1. The first-order valence-corrected chi connectivity index (χ1v) is 6.36. The van der Waals surface area contributed by atoms with Gasteiger partial charge in [0, 0.05) is 24.1 Å². The molecule has 2 heterocycles. The van der Waals surface area contributed by atoms with Gasteiger partial charge in [-0.05, 0) is 0 Å². The van der Waals surface area contributed by atoms with Gasteiger partial charge in [0.15, 0.2) is 12.0 Å². The number of allylic oxidation sites excluding steroid dienone is 1. The average Bonchev–Trinajstić information content (AvgIpc) is 2.92. The summed E-state index contributed by atoms with van der Waals surface area (Å²) in [5, 5.41) is 13.4. The normalized spacial score (nSPS) is 17.9. The summed E-state index contributed by atoms with van der Waals surface area (Å²) in [4.78, 5) is 34.9. The number of nitrogens with zero attached hydrogens (tertiary/aromatic N) is 3. The fourth-order valence-corrected chi connectivity index (χ4v) is 2.06. The molecule has 0 aromatic carbocycles. The van der Waals surface area contributed by atoms with Gasteiger partial charge in [0.25, 0.3) is 5.72 Å². The predicted octanol–water partition coefficient (Wildman–Crippen LogP) is 0.269. The van der Waals surface area contributed by atoms with Crippen molar-refractivity contribution in [2.75, 3.05) is 0 Å². The molecule has 1 atom stereocenters. The van der Waals surface area contributed by atoms with Crippen LogP contribution in [-0.4, -0.2) is 34.3 Å². The minimum Gasteiger partial charge on any atom is -0.477 e. The van der Waals surface area contributed by atoms with E-state index in [2.05, 4.69) is 15.1 Å². The van der Waals surface area contributed by atoms with E-state index in [1.54, 1.807) is 5.38 Å². The van der Waals surface area contributed by atoms with Crippen LogP contribution in [0.4, 0.5) is 0 Å². The van der Waals surface area contributed by atoms with Gasteiger partial charge in [-0.3, -0.25) is 15.5 Å². The Morgan fingerprint density at radius 3 is 3.05 bits per heavy atom. The molecule has 0 aliphatic carbocycles. The topological polar surface area (TPSA) is 127 Å². The highest BCUT2D eigenvalue weighted by Crippen LogP contribution is 2.30. The van der Waals surface area contributed by atoms with E-state index in [1.807, 2.05) is 0 Å². The van der Waals surface area contributed by atoms with E-state index in [0.717, 1.165) is 0 Å². The van der Waals surface area contributed by atoms with Crippen LogP contribution in [-0.2, 0) is 20.2 Å². The number of rotatable bonds is 5. The number of oxime groups is 1. The number of aliphatic imine (C=N–C) groups is 1. The van der Waals surface area contributed by atoms with Crippen LogP contribution in [0.3, 0.4) is 0 Å². The van der Waals surface area contributed by atoms with Crippen LogP contribution in [0.15, 0.2) is 32.8 Å². The fourth-order valence-electron chi connectivity index (χ4n) is 1.46. The summed E-state index contributed by atoms with van der Waals surface area (Å²) in [6.45, 7) is 0. The Balaban J connectivity index is 2.37. The third kappa shape index (κ3) is 2.95. The SMILES string of the molecule is NC(ON=CC(=O)O)(C1=CC(=O)CC=N1)c1cscn1. The van der Waals surface area contributed by atoms with E-state index in [0.29, 0.717) is 6.21 Å². The van der Waals surface area contributed by atoms with Gasteiger partial charge in [-0.1, -0.05) is 5.16 Å². The molecular formula is C11H10N4O4S. The number of carboxylic acid groups (broad SMARTS) is 1. The largest absolute Gasteiger partial charge is 0.477 e. The Kier molecular flexibility index (Phi) is 4.01. The van der Waals surface area contributed by atoms with Gasteiger partial charge in [0.05, 0.1) is 5.51 Å². The summed E-state index contributed by atoms with van der Waals surface area (Å²) < 4.78 is 0. The first kappa shape index (κ1) is 14.0. The molecule has 1 aliphatic heterocycles. The van der Waals surface area contributed by atoms with Crippen molar-refractivity contribution in [2.24, 2.45) is 15.9 Å². The zero-order valence-corrected chi connectivity index (χ0v) is 10.9. The molecule has 2 rings (SSSR count). The number of carboxylic acids is 1. The monoisotopic (exact) mass is 294 g/mol. The van der Waals surface area contributed by atoms with Gasteiger partial charge in [-0.15, -0.1) is 11.3 Å². The van der Waals surface area contributed by atoms with Crippen LogP contribution in [0.5, 0.6) is 0 Å². The number of hydrogen-bond acceptors (Lipinski definition) is 8. The smallest absolute Gasteiger partial charge is 0.350 e. The maximum absolute atomic E-state index is 11.4. The van der Waals surface area contributed by atoms with Crippen molar-refractivity contribution in [3.8, 4) is 0 Å². The number of aliphatic carboxylic acids is 1. The minimum atomic E-state index is -1.71. The lowest BCUT2D eigenvalue weighted by Crippen LogP contribution is -2.41. The van der Waals surface area contributed by atoms with Gasteiger partial charge in [-0.25, -0.2) is 9.78 Å². The molecule has 8 nitrogen and oxygen atoms in total. The van der Waals surface area contributed by atoms with Crippen LogP contribution in [0.25, 0.3) is 0 Å². The second-order valence-electron chi connectivity index (χ2n) is 3.79. The Morgan fingerprint density at radius 2 is 2.45 bits per heavy atom. The first-order valence-electron chi connectivity index (χ1n) is 5.42. The van der Waals surface area contributed by atoms with Crippen LogP contribution in [0.1, 0.15) is 12.1 Å². The van der Waals surface area contributed by atoms with Crippen LogP contribution in [0.2, 0.25) is 0 Å². The van der Waals surface area contributed by atoms with Crippen molar-refractivity contribution in [3.05, 3.63) is 28.4 Å². The van der Waals surface area contributed by atoms with Crippen molar-refractivity contribution in [1.82, 2.24) is 4.98 Å². The molecule has 0 spiro atoms. The molecule has 0 bridgehead atoms. The van der Waals surface area contributed by atoms with Crippen LogP contribution < -0.4 is 5.73 Å². The van der Waals surface area contributed by atoms with E-state index < -0.39 is 11.7 Å². The van der Waals surface area contributed by atoms with E-state index in [-0.39, 0.29) is 23.6 Å². The second kappa shape index (κ2) is 5.72. The molecular weight excluding hydrogens is 284 g/mol. The van der Waals surface area contributed by atoms with Crippen molar-refractivity contribution < 1.29 is 19.5 Å². The van der Waals surface area contributed by atoms with E-state index in [9.17, 15) is 9.59 Å². The molecule has 0 radical (unpaired) electrons. The zero-order valence-electron chi connectivity index (χ0n) is 10.1. The molecule has 1 aliphatic rings. The lowest BCUT2D eigenvalue weighted by molar-refractivity contribution is -0.129. The Labute approximate surface area is 117 Å². The van der Waals surface area contributed by atoms with Gasteiger partial charge >= 0.3 is 5.97 Å². The van der Waals surface area contributed by atoms with Crippen molar-refractivity contribution >= 4 is 35.5 Å². The van der Waals surface area contributed by atoms with Gasteiger partial charge < -0.3 is 9.94 Å². The highest BCUT2D eigenvalue weighted by Gasteiger charge is 2.38. The molecule has 0 amide bonds. The Bertz CT molecular complexity index is 608. The molecule has 0 fully saturated rings. The Hall–Kier alpha value is -2.39. The highest BCUT2D eigenvalue weighted by atomic mass is 32.1. The van der Waals surface area contributed by atoms with Crippen LogP contribution in [0, 0.1) is 0 Å². The molecule has 1 aromatic heterocycles. The second-order valence-corrected chi connectivity index (χ2v) is 4.50. The summed E-state index contributed by atoms with van der Waals surface area (Å²) in [6, 6.07) is 0. The number of thiazole rings is 1. The predicted molar refractivity (Wildman–Crippen MR) is 71.4 cm³/mol. The van der Waals surface area contributed by atoms with Crippen molar-refractivity contribution in [3.63, 3.8) is 0 Å². The lowest BCUT2D eigenvalue weighted by Gasteiger charge is -2.26. The molecule has 0 saturated heterocycles. The third-order valence-electron chi connectivity index (χ3n) is 2.37. The zero-order chi connectivity index (χ0) is 14.6. The number of ketones is 1. The summed E-state index contributed by atoms with van der Waals surface area (Å²) in [6.07, 6.45) is 3.35. The number of hydrogen-bond donors (Lipinski definition) is 2. The first-order chi connectivity index (χ1) is 9.52. The average molecular weight is 294 g/mol. The molecule has 20 heavy (non-hydrogen) atoms. The van der Waals surface area contributed by atoms with Gasteiger partial charge in [0.1, 0.15) is 11.4 Å². The summed E-state index contributed by atoms with van der Waals surface area (Å²) in [7, 11) is 0. The van der Waals surface area contributed by atoms with Crippen molar-refractivity contribution in [2.45, 2.75) is 12.1 Å². The summed E-state index contributed by atoms with van der Waals surface area (Å²) in [5.41, 5.74) is 6.28. The Morgan fingerprint density at radius 1 is 1.65 bits per heavy atom. The third-order valence-corrected chi connectivity index (χ3v) is 2.96. The van der Waals surface area contributed by atoms with Crippen LogP contribution >= 0.6 is 11.3 Å². The standard InChI is InChI=1S/C11H10N4O4S/c12-11(9-5-20-6-14-9,19-15-4-10(17)18)8-3-7(16)1-2-13-8/h2-6H,1,12H2,(H,17,18). The van der Waals surface area contributed by atoms with Gasteiger partial charge in [0.2, 0.25) is 0 Å². The molecule has 1 aromatic rings. The van der Waals surface area contributed by atoms with E-state index in [1.165, 1.54) is 29.1 Å². The molecule has 1 unspecified atom stereocenters. The molecule has 3 N–H and O–H groups in total. The molecule has 0 saturated carbocycles. The maximum Gasteiger partial charge on any atom is 0.350 e. The van der Waals surface area contributed by atoms with E-state index >= 15 is 0 Å². The molecule has 9 heteroatoms. The lowest BCUT2D eigenvalue weighted by atomic mass is 10.0. The number of aromatic nitrogens is 1. The van der Waals surface area contributed by atoms with E-state index in [4.69, 9.17) is 15.7 Å². The minimum absolute atomic E-state index is 0.113. The van der Waals surface area contributed by atoms with Crippen molar-refractivity contribution in [1.29, 1.82) is 0 Å². The number of carbonyl (C=O) groups is 2. The van der Waals surface area contributed by atoms with Gasteiger partial charge in [-0.2, -0.15) is 0 Å². The maximum atomic E-state index is 11.4. The summed E-state index contributed by atoms with van der Waals surface area (Å²) in [5.74, 6) is -1.48. The number of nitrogens with two attached hydrogens (primary N) is 1. The molecule has 104 valence electrons. The highest BCUT2D eigenvalue weighted by molar-refractivity contribution is 7.07. The quantitative estimate of drug-likeness (QED) is 0.456. The summed E-state index contributed by atoms with van der Waals surface area (Å²) >= 11 is 1.27. The fraction of sp³-hybridized carbons (Fsp3) is 0.182.